The molecule has 90 valence electrons. The molecule has 0 bridgehead atoms. The Hall–Kier alpha value is -0.130. The quantitative estimate of drug-likeness (QED) is 0.767. The van der Waals surface area contributed by atoms with E-state index in [0.29, 0.717) is 31.9 Å². The molecule has 2 N–H and O–H groups in total. The van der Waals surface area contributed by atoms with E-state index in [1.54, 1.807) is 7.11 Å². The first-order valence-electron chi connectivity index (χ1n) is 5.23. The molecule has 0 amide bonds. The van der Waals surface area contributed by atoms with Gasteiger partial charge in [0.2, 0.25) is 0 Å². The van der Waals surface area contributed by atoms with Crippen molar-refractivity contribution in [2.24, 2.45) is 17.1 Å². The summed E-state index contributed by atoms with van der Waals surface area (Å²) >= 11 is 0. The van der Waals surface area contributed by atoms with Crippen molar-refractivity contribution in [2.45, 2.75) is 25.0 Å². The summed E-state index contributed by atoms with van der Waals surface area (Å²) in [7, 11) is -1.31. The molecule has 4 nitrogen and oxygen atoms in total. The summed E-state index contributed by atoms with van der Waals surface area (Å²) in [6, 6.07) is 0. The number of methoxy groups -OCH3 is 1. The molecule has 1 fully saturated rings. The summed E-state index contributed by atoms with van der Waals surface area (Å²) < 4.78 is 28.2. The minimum absolute atomic E-state index is 0.150. The van der Waals surface area contributed by atoms with Gasteiger partial charge in [0.25, 0.3) is 0 Å². The molecule has 0 spiro atoms. The number of sulfone groups is 1. The van der Waals surface area contributed by atoms with Crippen LogP contribution < -0.4 is 5.73 Å². The predicted molar refractivity (Wildman–Crippen MR) is 60.4 cm³/mol. The Morgan fingerprint density at radius 3 is 2.47 bits per heavy atom. The predicted octanol–water partition coefficient (Wildman–Crippen LogP) is 0.421. The van der Waals surface area contributed by atoms with E-state index in [4.69, 9.17) is 10.5 Å². The van der Waals surface area contributed by atoms with Gasteiger partial charge in [-0.3, -0.25) is 0 Å². The largest absolute Gasteiger partial charge is 0.384 e. The van der Waals surface area contributed by atoms with Crippen molar-refractivity contribution in [1.29, 1.82) is 0 Å². The van der Waals surface area contributed by atoms with Crippen LogP contribution in [0.2, 0.25) is 0 Å². The second-order valence-electron chi connectivity index (χ2n) is 4.79. The van der Waals surface area contributed by atoms with Crippen molar-refractivity contribution >= 4 is 9.84 Å². The van der Waals surface area contributed by atoms with E-state index in [9.17, 15) is 8.42 Å². The molecule has 1 aliphatic rings. The fourth-order valence-electron chi connectivity index (χ4n) is 2.54. The maximum atomic E-state index is 11.5. The molecule has 0 aliphatic heterocycles. The average Bonchev–Trinajstić information content (AvgIpc) is 2.45. The molecule has 15 heavy (non-hydrogen) atoms. The fourth-order valence-corrected chi connectivity index (χ4v) is 3.81. The Morgan fingerprint density at radius 2 is 2.13 bits per heavy atom. The van der Waals surface area contributed by atoms with E-state index >= 15 is 0 Å². The number of ether oxygens (including phenoxy) is 1. The Bertz CT molecular complexity index is 315. The van der Waals surface area contributed by atoms with Crippen molar-refractivity contribution < 1.29 is 13.2 Å². The molecule has 1 aliphatic carbocycles. The zero-order chi connectivity index (χ0) is 11.7. The van der Waals surface area contributed by atoms with Crippen LogP contribution in [0.1, 0.15) is 19.8 Å². The monoisotopic (exact) mass is 235 g/mol. The number of hydrogen-bond acceptors (Lipinski definition) is 4. The third-order valence-corrected chi connectivity index (χ3v) is 5.31. The summed E-state index contributed by atoms with van der Waals surface area (Å²) in [5.41, 5.74) is 5.63. The minimum Gasteiger partial charge on any atom is -0.384 e. The van der Waals surface area contributed by atoms with Gasteiger partial charge in [0.1, 0.15) is 9.84 Å². The Balaban J connectivity index is 2.86. The average molecular weight is 235 g/mol. The topological polar surface area (TPSA) is 69.4 Å². The molecule has 0 aromatic heterocycles. The third kappa shape index (κ3) is 2.52. The van der Waals surface area contributed by atoms with Crippen LogP contribution in [0.3, 0.4) is 0 Å². The number of rotatable bonds is 4. The highest BCUT2D eigenvalue weighted by Gasteiger charge is 2.47. The molecule has 0 aromatic carbocycles. The highest BCUT2D eigenvalue weighted by Crippen LogP contribution is 2.45. The lowest BCUT2D eigenvalue weighted by molar-refractivity contribution is 0.0610. The Morgan fingerprint density at radius 1 is 1.53 bits per heavy atom. The number of hydrogen-bond donors (Lipinski definition) is 1. The van der Waals surface area contributed by atoms with Crippen molar-refractivity contribution in [1.82, 2.24) is 0 Å². The lowest BCUT2D eigenvalue weighted by Gasteiger charge is -2.31. The van der Waals surface area contributed by atoms with E-state index < -0.39 is 9.84 Å². The summed E-state index contributed by atoms with van der Waals surface area (Å²) in [6.07, 6.45) is 2.65. The zero-order valence-corrected chi connectivity index (χ0v) is 10.5. The highest BCUT2D eigenvalue weighted by molar-refractivity contribution is 7.91. The van der Waals surface area contributed by atoms with Crippen molar-refractivity contribution in [3.05, 3.63) is 0 Å². The maximum absolute atomic E-state index is 11.5. The van der Waals surface area contributed by atoms with E-state index in [2.05, 4.69) is 6.92 Å². The van der Waals surface area contributed by atoms with Crippen LogP contribution in [-0.4, -0.2) is 40.2 Å². The normalized spacial score (nSPS) is 37.1. The molecule has 0 aromatic rings. The summed E-state index contributed by atoms with van der Waals surface area (Å²) in [5.74, 6) is 0.308. The Kier molecular flexibility index (Phi) is 3.79. The highest BCUT2D eigenvalue weighted by atomic mass is 32.2. The van der Waals surface area contributed by atoms with Crippen molar-refractivity contribution in [3.8, 4) is 0 Å². The van der Waals surface area contributed by atoms with Gasteiger partial charge < -0.3 is 10.5 Å². The van der Waals surface area contributed by atoms with Crippen LogP contribution in [0.15, 0.2) is 0 Å². The third-order valence-electron chi connectivity index (χ3n) is 3.74. The van der Waals surface area contributed by atoms with Gasteiger partial charge in [-0.15, -0.1) is 0 Å². The molecule has 0 unspecified atom stereocenters. The summed E-state index contributed by atoms with van der Waals surface area (Å²) in [5, 5.41) is -0.244. The van der Waals surface area contributed by atoms with Crippen LogP contribution in [0.4, 0.5) is 0 Å². The van der Waals surface area contributed by atoms with Gasteiger partial charge in [-0.2, -0.15) is 0 Å². The molecule has 5 heteroatoms. The van der Waals surface area contributed by atoms with E-state index in [0.717, 1.165) is 0 Å². The molecular weight excluding hydrogens is 214 g/mol. The van der Waals surface area contributed by atoms with Gasteiger partial charge in [0, 0.05) is 25.3 Å². The molecule has 0 heterocycles. The summed E-state index contributed by atoms with van der Waals surface area (Å²) in [4.78, 5) is 0. The first kappa shape index (κ1) is 12.9. The lowest BCUT2D eigenvalue weighted by Crippen LogP contribution is -2.37. The van der Waals surface area contributed by atoms with Gasteiger partial charge in [-0.05, 0) is 18.8 Å². The van der Waals surface area contributed by atoms with Crippen molar-refractivity contribution in [3.63, 3.8) is 0 Å². The Labute approximate surface area is 92.1 Å². The van der Waals surface area contributed by atoms with E-state index in [1.165, 1.54) is 6.26 Å². The first-order valence-corrected chi connectivity index (χ1v) is 7.19. The van der Waals surface area contributed by atoms with E-state index in [-0.39, 0.29) is 10.7 Å². The fraction of sp³-hybridized carbons (Fsp3) is 1.00. The van der Waals surface area contributed by atoms with Gasteiger partial charge >= 0.3 is 0 Å². The smallest absolute Gasteiger partial charge is 0.150 e. The standard InChI is InChI=1S/C10H21NO3S/c1-8-4-9(15(3,12)13)5-10(8,6-11)7-14-2/h8-9H,4-7,11H2,1-3H3/t8-,9-,10-/m1/s1. The second kappa shape index (κ2) is 4.39. The lowest BCUT2D eigenvalue weighted by atomic mass is 9.80. The molecule has 0 radical (unpaired) electrons. The van der Waals surface area contributed by atoms with Crippen LogP contribution in [0, 0.1) is 11.3 Å². The molecule has 1 saturated carbocycles. The van der Waals surface area contributed by atoms with E-state index in [1.807, 2.05) is 0 Å². The summed E-state index contributed by atoms with van der Waals surface area (Å²) in [6.45, 7) is 3.11. The minimum atomic E-state index is -2.95. The van der Waals surface area contributed by atoms with Crippen LogP contribution in [0.5, 0.6) is 0 Å². The van der Waals surface area contributed by atoms with Crippen LogP contribution >= 0.6 is 0 Å². The van der Waals surface area contributed by atoms with Gasteiger partial charge in [0.05, 0.1) is 11.9 Å². The van der Waals surface area contributed by atoms with Crippen LogP contribution in [0.25, 0.3) is 0 Å². The molecular formula is C10H21NO3S. The maximum Gasteiger partial charge on any atom is 0.150 e. The second-order valence-corrected chi connectivity index (χ2v) is 7.12. The van der Waals surface area contributed by atoms with Gasteiger partial charge in [-0.25, -0.2) is 8.42 Å². The molecule has 3 atom stereocenters. The molecule has 1 rings (SSSR count). The number of nitrogens with two attached hydrogens (primary N) is 1. The first-order chi connectivity index (χ1) is 6.85. The van der Waals surface area contributed by atoms with Crippen molar-refractivity contribution in [2.75, 3.05) is 26.5 Å². The SMILES string of the molecule is COC[C@]1(CN)C[C@H](S(C)(=O)=O)C[C@H]1C. The van der Waals surface area contributed by atoms with Crippen LogP contribution in [-0.2, 0) is 14.6 Å². The van der Waals surface area contributed by atoms with Gasteiger partial charge in [-0.1, -0.05) is 6.92 Å². The zero-order valence-electron chi connectivity index (χ0n) is 9.69. The van der Waals surface area contributed by atoms with Gasteiger partial charge in [0.15, 0.2) is 0 Å². The molecule has 0 saturated heterocycles.